The number of hydrogen-bond donors (Lipinski definition) is 0. The molecule has 1 saturated carbocycles. The number of aryl methyl sites for hydroxylation is 1. The van der Waals surface area contributed by atoms with E-state index in [-0.39, 0.29) is 6.04 Å². The largest absolute Gasteiger partial charge is 0.496 e. The zero-order chi connectivity index (χ0) is 14.8. The van der Waals surface area contributed by atoms with Crippen molar-refractivity contribution in [1.82, 2.24) is 4.31 Å². The van der Waals surface area contributed by atoms with Gasteiger partial charge in [0.2, 0.25) is 10.0 Å². The highest BCUT2D eigenvalue weighted by Gasteiger charge is 2.29. The van der Waals surface area contributed by atoms with E-state index < -0.39 is 10.0 Å². The highest BCUT2D eigenvalue weighted by molar-refractivity contribution is 7.89. The summed E-state index contributed by atoms with van der Waals surface area (Å²) >= 11 is 0. The molecule has 5 heteroatoms. The van der Waals surface area contributed by atoms with E-state index in [1.807, 2.05) is 6.92 Å². The first-order valence-electron chi connectivity index (χ1n) is 7.09. The summed E-state index contributed by atoms with van der Waals surface area (Å²) in [6.07, 6.45) is 5.38. The average molecular weight is 297 g/mol. The summed E-state index contributed by atoms with van der Waals surface area (Å²) in [6.45, 7) is 1.86. The Morgan fingerprint density at radius 1 is 1.20 bits per heavy atom. The van der Waals surface area contributed by atoms with Crippen molar-refractivity contribution in [3.63, 3.8) is 0 Å². The Hall–Kier alpha value is -1.07. The van der Waals surface area contributed by atoms with Gasteiger partial charge in [0.05, 0.1) is 12.0 Å². The molecule has 0 aliphatic heterocycles. The fourth-order valence-corrected chi connectivity index (χ4v) is 4.32. The maximum absolute atomic E-state index is 12.7. The molecule has 0 saturated heterocycles. The van der Waals surface area contributed by atoms with Crippen LogP contribution in [0.25, 0.3) is 0 Å². The van der Waals surface area contributed by atoms with Crippen molar-refractivity contribution in [2.45, 2.75) is 50.0 Å². The van der Waals surface area contributed by atoms with Crippen LogP contribution in [0.5, 0.6) is 5.75 Å². The molecule has 0 amide bonds. The van der Waals surface area contributed by atoms with Gasteiger partial charge in [-0.3, -0.25) is 0 Å². The molecule has 0 radical (unpaired) electrons. The van der Waals surface area contributed by atoms with E-state index in [4.69, 9.17) is 4.74 Å². The topological polar surface area (TPSA) is 46.6 Å². The minimum absolute atomic E-state index is 0.135. The van der Waals surface area contributed by atoms with Gasteiger partial charge in [-0.2, -0.15) is 4.31 Å². The van der Waals surface area contributed by atoms with Gasteiger partial charge in [0.15, 0.2) is 0 Å². The molecule has 1 fully saturated rings. The van der Waals surface area contributed by atoms with E-state index in [1.54, 1.807) is 36.7 Å². The van der Waals surface area contributed by atoms with Crippen LogP contribution >= 0.6 is 0 Å². The molecule has 0 atom stereocenters. The van der Waals surface area contributed by atoms with Gasteiger partial charge in [0.25, 0.3) is 0 Å². The van der Waals surface area contributed by atoms with E-state index >= 15 is 0 Å². The first kappa shape index (κ1) is 15.3. The second-order valence-corrected chi connectivity index (χ2v) is 7.44. The number of sulfonamides is 1. The SMILES string of the molecule is COc1ccc(S(=O)(=O)N(C)C2CCCCC2)cc1C. The summed E-state index contributed by atoms with van der Waals surface area (Å²) in [5, 5.41) is 0. The average Bonchev–Trinajstić information content (AvgIpc) is 2.47. The molecule has 112 valence electrons. The standard InChI is InChI=1S/C15H23NO3S/c1-12-11-14(9-10-15(12)19-3)20(17,18)16(2)13-7-5-4-6-8-13/h9-11,13H,4-8H2,1-3H3. The summed E-state index contributed by atoms with van der Waals surface area (Å²) in [4.78, 5) is 0.351. The smallest absolute Gasteiger partial charge is 0.243 e. The Bertz CT molecular complexity index is 562. The lowest BCUT2D eigenvalue weighted by atomic mass is 9.96. The highest BCUT2D eigenvalue weighted by Crippen LogP contribution is 2.28. The molecule has 20 heavy (non-hydrogen) atoms. The molecular weight excluding hydrogens is 274 g/mol. The van der Waals surface area contributed by atoms with Crippen molar-refractivity contribution in [1.29, 1.82) is 0 Å². The lowest BCUT2D eigenvalue weighted by Gasteiger charge is -2.30. The monoisotopic (exact) mass is 297 g/mol. The van der Waals surface area contributed by atoms with Crippen LogP contribution in [0.3, 0.4) is 0 Å². The summed E-state index contributed by atoms with van der Waals surface area (Å²) in [5.41, 5.74) is 0.839. The molecule has 1 aromatic rings. The molecule has 0 heterocycles. The molecule has 1 aromatic carbocycles. The van der Waals surface area contributed by atoms with Crippen LogP contribution in [0.1, 0.15) is 37.7 Å². The van der Waals surface area contributed by atoms with Gasteiger partial charge in [0.1, 0.15) is 5.75 Å². The fourth-order valence-electron chi connectivity index (χ4n) is 2.82. The second-order valence-electron chi connectivity index (χ2n) is 5.44. The number of methoxy groups -OCH3 is 1. The molecule has 0 spiro atoms. The van der Waals surface area contributed by atoms with Gasteiger partial charge in [-0.15, -0.1) is 0 Å². The minimum Gasteiger partial charge on any atom is -0.496 e. The molecule has 1 aliphatic rings. The van der Waals surface area contributed by atoms with E-state index in [1.165, 1.54) is 6.42 Å². The summed E-state index contributed by atoms with van der Waals surface area (Å²) < 4.78 is 32.1. The van der Waals surface area contributed by atoms with Crippen LogP contribution in [0.4, 0.5) is 0 Å². The van der Waals surface area contributed by atoms with Crippen molar-refractivity contribution in [3.05, 3.63) is 23.8 Å². The van der Waals surface area contributed by atoms with Crippen LogP contribution < -0.4 is 4.74 Å². The Kier molecular flexibility index (Phi) is 4.70. The summed E-state index contributed by atoms with van der Waals surface area (Å²) in [5.74, 6) is 0.712. The van der Waals surface area contributed by atoms with E-state index in [0.717, 1.165) is 31.2 Å². The first-order valence-corrected chi connectivity index (χ1v) is 8.53. The molecule has 0 bridgehead atoms. The van der Waals surface area contributed by atoms with Crippen LogP contribution in [0.2, 0.25) is 0 Å². The van der Waals surface area contributed by atoms with Crippen LogP contribution in [0.15, 0.2) is 23.1 Å². The normalized spacial score (nSPS) is 17.4. The zero-order valence-corrected chi connectivity index (χ0v) is 13.2. The number of ether oxygens (including phenoxy) is 1. The Morgan fingerprint density at radius 3 is 2.40 bits per heavy atom. The Balaban J connectivity index is 2.27. The predicted molar refractivity (Wildman–Crippen MR) is 79.6 cm³/mol. The molecule has 0 N–H and O–H groups in total. The maximum atomic E-state index is 12.7. The van der Waals surface area contributed by atoms with Gasteiger partial charge in [-0.25, -0.2) is 8.42 Å². The van der Waals surface area contributed by atoms with Gasteiger partial charge >= 0.3 is 0 Å². The third-order valence-corrected chi connectivity index (χ3v) is 6.04. The first-order chi connectivity index (χ1) is 9.46. The molecule has 0 unspecified atom stereocenters. The maximum Gasteiger partial charge on any atom is 0.243 e. The van der Waals surface area contributed by atoms with E-state index in [0.29, 0.717) is 10.6 Å². The van der Waals surface area contributed by atoms with E-state index in [2.05, 4.69) is 0 Å². The zero-order valence-electron chi connectivity index (χ0n) is 12.4. The summed E-state index contributed by atoms with van der Waals surface area (Å²) in [6, 6.07) is 5.17. The van der Waals surface area contributed by atoms with Crippen LogP contribution in [-0.4, -0.2) is 32.9 Å². The van der Waals surface area contributed by atoms with Crippen molar-refractivity contribution in [3.8, 4) is 5.75 Å². The van der Waals surface area contributed by atoms with Crippen molar-refractivity contribution >= 4 is 10.0 Å². The van der Waals surface area contributed by atoms with Crippen LogP contribution in [0, 0.1) is 6.92 Å². The predicted octanol–water partition coefficient (Wildman–Crippen LogP) is 2.96. The van der Waals surface area contributed by atoms with Gasteiger partial charge in [-0.1, -0.05) is 19.3 Å². The van der Waals surface area contributed by atoms with E-state index in [9.17, 15) is 8.42 Å². The molecular formula is C15H23NO3S. The minimum atomic E-state index is -3.41. The number of rotatable bonds is 4. The van der Waals surface area contributed by atoms with Crippen molar-refractivity contribution in [2.24, 2.45) is 0 Å². The Labute approximate surface area is 121 Å². The third kappa shape index (κ3) is 2.99. The van der Waals surface area contributed by atoms with Crippen molar-refractivity contribution < 1.29 is 13.2 Å². The highest BCUT2D eigenvalue weighted by atomic mass is 32.2. The lowest BCUT2D eigenvalue weighted by Crippen LogP contribution is -2.38. The number of hydrogen-bond acceptors (Lipinski definition) is 3. The number of benzene rings is 1. The quantitative estimate of drug-likeness (QED) is 0.858. The summed E-state index contributed by atoms with van der Waals surface area (Å²) in [7, 11) is -0.121. The lowest BCUT2D eigenvalue weighted by molar-refractivity contribution is 0.286. The van der Waals surface area contributed by atoms with Gasteiger partial charge in [0, 0.05) is 13.1 Å². The fraction of sp³-hybridized carbons (Fsp3) is 0.600. The molecule has 1 aliphatic carbocycles. The van der Waals surface area contributed by atoms with Gasteiger partial charge in [-0.05, 0) is 43.5 Å². The molecule has 0 aromatic heterocycles. The van der Waals surface area contributed by atoms with Crippen molar-refractivity contribution in [2.75, 3.05) is 14.2 Å². The van der Waals surface area contributed by atoms with Gasteiger partial charge < -0.3 is 4.74 Å². The third-order valence-electron chi connectivity index (χ3n) is 4.13. The van der Waals surface area contributed by atoms with Crippen LogP contribution in [-0.2, 0) is 10.0 Å². The second kappa shape index (κ2) is 6.14. The molecule has 4 nitrogen and oxygen atoms in total. The molecule has 2 rings (SSSR count). The Morgan fingerprint density at radius 2 is 1.85 bits per heavy atom. The number of nitrogens with zero attached hydrogens (tertiary/aromatic N) is 1.